The van der Waals surface area contributed by atoms with Crippen molar-refractivity contribution in [3.63, 3.8) is 0 Å². The van der Waals surface area contributed by atoms with Gasteiger partial charge in [-0.25, -0.2) is 5.01 Å². The minimum Gasteiger partial charge on any atom is -0.507 e. The molecule has 1 atom stereocenters. The molecule has 1 aliphatic rings. The van der Waals surface area contributed by atoms with Crippen molar-refractivity contribution in [3.05, 3.63) is 95.6 Å². The molecule has 3 aromatic carbocycles. The van der Waals surface area contributed by atoms with Crippen LogP contribution < -0.4 is 4.74 Å². The fraction of sp³-hybridized carbons (Fsp3) is 0.130. The number of rotatable bonds is 4. The molecule has 1 amide bonds. The van der Waals surface area contributed by atoms with Gasteiger partial charge in [-0.2, -0.15) is 5.10 Å². The molecule has 28 heavy (non-hydrogen) atoms. The van der Waals surface area contributed by atoms with Gasteiger partial charge < -0.3 is 9.84 Å². The van der Waals surface area contributed by atoms with E-state index in [0.717, 1.165) is 5.56 Å². The second-order valence-electron chi connectivity index (χ2n) is 6.58. The Bertz CT molecular complexity index is 1020. The zero-order valence-corrected chi connectivity index (χ0v) is 15.4. The number of carbonyl (C=O) groups excluding carboxylic acids is 1. The van der Waals surface area contributed by atoms with E-state index in [0.29, 0.717) is 29.0 Å². The maximum atomic E-state index is 13.1. The van der Waals surface area contributed by atoms with Crippen molar-refractivity contribution in [2.75, 3.05) is 7.11 Å². The summed E-state index contributed by atoms with van der Waals surface area (Å²) in [7, 11) is 1.55. The number of hydrogen-bond acceptors (Lipinski definition) is 4. The van der Waals surface area contributed by atoms with Gasteiger partial charge in [0, 0.05) is 23.6 Å². The Hall–Kier alpha value is -3.60. The summed E-state index contributed by atoms with van der Waals surface area (Å²) >= 11 is 0. The third-order valence-corrected chi connectivity index (χ3v) is 4.84. The summed E-state index contributed by atoms with van der Waals surface area (Å²) in [6.07, 6.45) is 0.516. The predicted molar refractivity (Wildman–Crippen MR) is 108 cm³/mol. The van der Waals surface area contributed by atoms with Crippen LogP contribution in [0.3, 0.4) is 0 Å². The molecular weight excluding hydrogens is 352 g/mol. The SMILES string of the molecule is COc1ccc(C2=NN(C(=O)c3ccccc3)[C@@H](c3ccccc3)C2)c(O)c1. The summed E-state index contributed by atoms with van der Waals surface area (Å²) in [4.78, 5) is 13.1. The third kappa shape index (κ3) is 3.34. The molecule has 0 saturated heterocycles. The smallest absolute Gasteiger partial charge is 0.274 e. The average Bonchev–Trinajstić information content (AvgIpc) is 3.19. The highest BCUT2D eigenvalue weighted by Crippen LogP contribution is 2.36. The molecule has 0 saturated carbocycles. The zero-order valence-electron chi connectivity index (χ0n) is 15.4. The van der Waals surface area contributed by atoms with Gasteiger partial charge >= 0.3 is 0 Å². The molecule has 5 heteroatoms. The topological polar surface area (TPSA) is 62.1 Å². The molecular formula is C23H20N2O3. The number of carbonyl (C=O) groups is 1. The number of benzene rings is 3. The fourth-order valence-corrected chi connectivity index (χ4v) is 3.39. The van der Waals surface area contributed by atoms with Gasteiger partial charge in [0.05, 0.1) is 18.9 Å². The monoisotopic (exact) mass is 372 g/mol. The van der Waals surface area contributed by atoms with Crippen LogP contribution in [0.2, 0.25) is 0 Å². The molecule has 140 valence electrons. The lowest BCUT2D eigenvalue weighted by atomic mass is 9.97. The molecule has 0 fully saturated rings. The number of phenolic OH excluding ortho intramolecular Hbond substituents is 1. The number of phenols is 1. The van der Waals surface area contributed by atoms with Crippen molar-refractivity contribution in [2.45, 2.75) is 12.5 Å². The van der Waals surface area contributed by atoms with Crippen LogP contribution in [0.5, 0.6) is 11.5 Å². The first-order chi connectivity index (χ1) is 13.7. The molecule has 0 bridgehead atoms. The van der Waals surface area contributed by atoms with Gasteiger partial charge in [-0.3, -0.25) is 4.79 Å². The Labute approximate surface area is 163 Å². The third-order valence-electron chi connectivity index (χ3n) is 4.84. The van der Waals surface area contributed by atoms with Gasteiger partial charge in [-0.15, -0.1) is 0 Å². The number of nitrogens with zero attached hydrogens (tertiary/aromatic N) is 2. The average molecular weight is 372 g/mol. The van der Waals surface area contributed by atoms with E-state index in [1.165, 1.54) is 5.01 Å². The van der Waals surface area contributed by atoms with Gasteiger partial charge in [0.1, 0.15) is 11.5 Å². The summed E-state index contributed by atoms with van der Waals surface area (Å²) in [6, 6.07) is 23.8. The molecule has 0 spiro atoms. The molecule has 0 unspecified atom stereocenters. The predicted octanol–water partition coefficient (Wildman–Crippen LogP) is 4.39. The van der Waals surface area contributed by atoms with E-state index >= 15 is 0 Å². The molecule has 0 aliphatic carbocycles. The molecule has 0 radical (unpaired) electrons. The van der Waals surface area contributed by atoms with Crippen LogP contribution in [0.25, 0.3) is 0 Å². The van der Waals surface area contributed by atoms with E-state index in [-0.39, 0.29) is 17.7 Å². The van der Waals surface area contributed by atoms with E-state index in [1.54, 1.807) is 37.4 Å². The molecule has 1 heterocycles. The van der Waals surface area contributed by atoms with Crippen LogP contribution in [0.1, 0.15) is 33.9 Å². The van der Waals surface area contributed by atoms with Crippen LogP contribution in [-0.4, -0.2) is 28.8 Å². The minimum absolute atomic E-state index is 0.0823. The van der Waals surface area contributed by atoms with Crippen molar-refractivity contribution < 1.29 is 14.6 Å². The number of hydrogen-bond donors (Lipinski definition) is 1. The Morgan fingerprint density at radius 3 is 2.36 bits per heavy atom. The summed E-state index contributed by atoms with van der Waals surface area (Å²) in [5.74, 6) is 0.480. The maximum absolute atomic E-state index is 13.1. The van der Waals surface area contributed by atoms with Crippen LogP contribution in [0, 0.1) is 0 Å². The molecule has 4 rings (SSSR count). The minimum atomic E-state index is -0.231. The van der Waals surface area contributed by atoms with Crippen molar-refractivity contribution in [2.24, 2.45) is 5.10 Å². The summed E-state index contributed by atoms with van der Waals surface area (Å²) in [6.45, 7) is 0. The molecule has 1 N–H and O–H groups in total. The number of hydrazone groups is 1. The molecule has 1 aliphatic heterocycles. The first kappa shape index (κ1) is 17.8. The Morgan fingerprint density at radius 1 is 1.04 bits per heavy atom. The van der Waals surface area contributed by atoms with E-state index in [9.17, 15) is 9.90 Å². The Balaban J connectivity index is 1.74. The molecule has 5 nitrogen and oxygen atoms in total. The van der Waals surface area contributed by atoms with Gasteiger partial charge in [0.25, 0.3) is 5.91 Å². The lowest BCUT2D eigenvalue weighted by Gasteiger charge is -2.22. The van der Waals surface area contributed by atoms with E-state index in [1.807, 2.05) is 48.5 Å². The van der Waals surface area contributed by atoms with Crippen molar-refractivity contribution in [3.8, 4) is 11.5 Å². The fourth-order valence-electron chi connectivity index (χ4n) is 3.39. The van der Waals surface area contributed by atoms with Gasteiger partial charge in [0.15, 0.2) is 0 Å². The summed E-state index contributed by atoms with van der Waals surface area (Å²) in [5.41, 5.74) is 2.84. The first-order valence-corrected chi connectivity index (χ1v) is 9.06. The van der Waals surface area contributed by atoms with Gasteiger partial charge in [-0.1, -0.05) is 48.5 Å². The second-order valence-corrected chi connectivity index (χ2v) is 6.58. The normalized spacial score (nSPS) is 16.0. The van der Waals surface area contributed by atoms with E-state index in [4.69, 9.17) is 4.74 Å². The van der Waals surface area contributed by atoms with Crippen LogP contribution in [0.15, 0.2) is 84.0 Å². The standard InChI is InChI=1S/C23H20N2O3/c1-28-18-12-13-19(22(26)14-18)20-15-21(16-8-4-2-5-9-16)25(24-20)23(27)17-10-6-3-7-11-17/h2-14,21,26H,15H2,1H3/t21-/m1/s1. The lowest BCUT2D eigenvalue weighted by molar-refractivity contribution is 0.0711. The highest BCUT2D eigenvalue weighted by atomic mass is 16.5. The highest BCUT2D eigenvalue weighted by Gasteiger charge is 2.34. The van der Waals surface area contributed by atoms with Crippen molar-refractivity contribution >= 4 is 11.6 Å². The second kappa shape index (κ2) is 7.56. The lowest BCUT2D eigenvalue weighted by Crippen LogP contribution is -2.27. The van der Waals surface area contributed by atoms with Gasteiger partial charge in [0.2, 0.25) is 0 Å². The van der Waals surface area contributed by atoms with Gasteiger partial charge in [-0.05, 0) is 29.8 Å². The molecule has 3 aromatic rings. The summed E-state index contributed by atoms with van der Waals surface area (Å²) in [5, 5.41) is 16.5. The van der Waals surface area contributed by atoms with Crippen LogP contribution >= 0.6 is 0 Å². The number of amides is 1. The van der Waals surface area contributed by atoms with Crippen molar-refractivity contribution in [1.82, 2.24) is 5.01 Å². The largest absolute Gasteiger partial charge is 0.507 e. The Kier molecular flexibility index (Phi) is 4.81. The quantitative estimate of drug-likeness (QED) is 0.739. The number of methoxy groups -OCH3 is 1. The molecule has 0 aromatic heterocycles. The van der Waals surface area contributed by atoms with Crippen LogP contribution in [-0.2, 0) is 0 Å². The highest BCUT2D eigenvalue weighted by molar-refractivity contribution is 6.06. The summed E-state index contributed by atoms with van der Waals surface area (Å²) < 4.78 is 5.16. The van der Waals surface area contributed by atoms with Crippen LogP contribution in [0.4, 0.5) is 0 Å². The number of aromatic hydroxyl groups is 1. The van der Waals surface area contributed by atoms with Crippen molar-refractivity contribution in [1.29, 1.82) is 0 Å². The first-order valence-electron chi connectivity index (χ1n) is 9.06. The van der Waals surface area contributed by atoms with E-state index in [2.05, 4.69) is 5.10 Å². The van der Waals surface area contributed by atoms with E-state index < -0.39 is 0 Å². The maximum Gasteiger partial charge on any atom is 0.274 e. The number of ether oxygens (including phenoxy) is 1. The Morgan fingerprint density at radius 2 is 1.71 bits per heavy atom. The zero-order chi connectivity index (χ0) is 19.5.